The van der Waals surface area contributed by atoms with Crippen molar-refractivity contribution in [2.45, 2.75) is 44.8 Å². The minimum absolute atomic E-state index is 0.176. The number of nitrogens with zero attached hydrogens (tertiary/aromatic N) is 6. The molecule has 0 bridgehead atoms. The van der Waals surface area contributed by atoms with E-state index < -0.39 is 17.0 Å². The highest BCUT2D eigenvalue weighted by Crippen LogP contribution is 2.48. The lowest BCUT2D eigenvalue weighted by molar-refractivity contribution is 0.0492. The van der Waals surface area contributed by atoms with Crippen molar-refractivity contribution in [3.05, 3.63) is 46.1 Å². The Morgan fingerprint density at radius 3 is 2.81 bits per heavy atom. The van der Waals surface area contributed by atoms with Crippen molar-refractivity contribution < 1.29 is 13.7 Å². The molecule has 0 saturated heterocycles. The molecule has 0 radical (unpaired) electrons. The smallest absolute Gasteiger partial charge is 0.278 e. The third-order valence-electron chi connectivity index (χ3n) is 6.06. The highest BCUT2D eigenvalue weighted by molar-refractivity contribution is 5.87. The van der Waals surface area contributed by atoms with E-state index in [1.165, 1.54) is 23.0 Å². The number of fused-ring (bicyclic) bond motifs is 3. The molecule has 1 unspecified atom stereocenters. The van der Waals surface area contributed by atoms with Gasteiger partial charge in [-0.15, -0.1) is 0 Å². The predicted octanol–water partition coefficient (Wildman–Crippen LogP) is 3.32. The Balaban J connectivity index is 1.84. The van der Waals surface area contributed by atoms with E-state index in [0.717, 1.165) is 12.8 Å². The highest BCUT2D eigenvalue weighted by Gasteiger charge is 2.50. The van der Waals surface area contributed by atoms with E-state index in [2.05, 4.69) is 15.1 Å². The van der Waals surface area contributed by atoms with Gasteiger partial charge in [-0.3, -0.25) is 9.20 Å². The molecule has 10 heteroatoms. The number of ether oxygens (including phenoxy) is 1. The average molecular weight is 422 g/mol. The molecule has 1 fully saturated rings. The van der Waals surface area contributed by atoms with E-state index in [0.29, 0.717) is 17.8 Å². The summed E-state index contributed by atoms with van der Waals surface area (Å²) in [6.07, 6.45) is 3.62. The van der Waals surface area contributed by atoms with Crippen LogP contribution in [0.1, 0.15) is 50.6 Å². The molecule has 9 nitrogen and oxygen atoms in total. The summed E-state index contributed by atoms with van der Waals surface area (Å²) in [5.41, 5.74) is 0.0742. The van der Waals surface area contributed by atoms with Crippen LogP contribution in [0.3, 0.4) is 0 Å². The van der Waals surface area contributed by atoms with Crippen molar-refractivity contribution >= 4 is 16.6 Å². The molecule has 3 aromatic heterocycles. The zero-order valence-corrected chi connectivity index (χ0v) is 17.2. The molecule has 1 aliphatic rings. The van der Waals surface area contributed by atoms with E-state index in [1.54, 1.807) is 11.5 Å². The van der Waals surface area contributed by atoms with Crippen LogP contribution in [0, 0.1) is 17.1 Å². The number of benzene rings is 1. The molecular formula is C21H19FN6O3. The molecule has 1 aromatic carbocycles. The lowest BCUT2D eigenvalue weighted by Gasteiger charge is -2.18. The average Bonchev–Trinajstić information content (AvgIpc) is 3.20. The predicted molar refractivity (Wildman–Crippen MR) is 108 cm³/mol. The lowest BCUT2D eigenvalue weighted by atomic mass is 10.1. The van der Waals surface area contributed by atoms with Crippen LogP contribution in [0.4, 0.5) is 4.39 Å². The standard InChI is InChI=1S/C21H19FN6O3/c1-4-11(2)28-16-12(9-23)13(22)5-6-14(16)27-10-24-15(17(27)19(28)29)18-25-20(31-26-18)21(30-3)7-8-21/h5-6,10-11H,4,7-8H2,1-3H3. The summed E-state index contributed by atoms with van der Waals surface area (Å²) in [7, 11) is 1.59. The van der Waals surface area contributed by atoms with Crippen LogP contribution >= 0.6 is 0 Å². The second-order valence-electron chi connectivity index (χ2n) is 7.77. The normalized spacial score (nSPS) is 16.0. The fourth-order valence-corrected chi connectivity index (χ4v) is 3.94. The van der Waals surface area contributed by atoms with Crippen molar-refractivity contribution in [1.82, 2.24) is 24.1 Å². The third kappa shape index (κ3) is 2.63. The fraction of sp³-hybridized carbons (Fsp3) is 0.381. The number of hydrogen-bond acceptors (Lipinski definition) is 7. The van der Waals surface area contributed by atoms with E-state index in [1.807, 2.05) is 19.9 Å². The molecule has 158 valence electrons. The van der Waals surface area contributed by atoms with E-state index in [9.17, 15) is 14.4 Å². The number of nitriles is 1. The van der Waals surface area contributed by atoms with Gasteiger partial charge in [-0.2, -0.15) is 10.2 Å². The zero-order chi connectivity index (χ0) is 21.9. The van der Waals surface area contributed by atoms with E-state index in [4.69, 9.17) is 9.26 Å². The zero-order valence-electron chi connectivity index (χ0n) is 17.2. The number of rotatable bonds is 5. The number of imidazole rings is 1. The third-order valence-corrected chi connectivity index (χ3v) is 6.06. The molecular weight excluding hydrogens is 403 g/mol. The fourth-order valence-electron chi connectivity index (χ4n) is 3.94. The summed E-state index contributed by atoms with van der Waals surface area (Å²) in [4.78, 5) is 22.4. The summed E-state index contributed by atoms with van der Waals surface area (Å²) < 4.78 is 28.3. The van der Waals surface area contributed by atoms with Gasteiger partial charge in [0.2, 0.25) is 5.82 Å². The summed E-state index contributed by atoms with van der Waals surface area (Å²) in [6, 6.07) is 4.37. The maximum atomic E-state index is 14.4. The summed E-state index contributed by atoms with van der Waals surface area (Å²) >= 11 is 0. The second-order valence-corrected chi connectivity index (χ2v) is 7.77. The first-order valence-electron chi connectivity index (χ1n) is 9.99. The Bertz CT molecular complexity index is 1440. The minimum Gasteiger partial charge on any atom is -0.368 e. The topological polar surface area (TPSA) is 111 Å². The maximum Gasteiger partial charge on any atom is 0.278 e. The molecule has 1 saturated carbocycles. The molecule has 5 rings (SSSR count). The van der Waals surface area contributed by atoms with Gasteiger partial charge in [0.25, 0.3) is 11.4 Å². The summed E-state index contributed by atoms with van der Waals surface area (Å²) in [5.74, 6) is -0.151. The van der Waals surface area contributed by atoms with Crippen LogP contribution in [0.25, 0.3) is 28.1 Å². The lowest BCUT2D eigenvalue weighted by Crippen LogP contribution is -2.26. The van der Waals surface area contributed by atoms with Gasteiger partial charge in [0.1, 0.15) is 40.6 Å². The first kappa shape index (κ1) is 19.4. The van der Waals surface area contributed by atoms with Crippen molar-refractivity contribution in [3.8, 4) is 17.6 Å². The molecule has 0 spiro atoms. The van der Waals surface area contributed by atoms with Crippen LogP contribution in [-0.2, 0) is 10.3 Å². The van der Waals surface area contributed by atoms with Crippen molar-refractivity contribution in [2.75, 3.05) is 7.11 Å². The second kappa shape index (κ2) is 6.72. The summed E-state index contributed by atoms with van der Waals surface area (Å²) in [5, 5.41) is 13.6. The molecule has 0 aliphatic heterocycles. The van der Waals surface area contributed by atoms with Gasteiger partial charge in [-0.05, 0) is 38.3 Å². The number of halogens is 1. The Hall–Kier alpha value is -3.58. The molecule has 3 heterocycles. The number of hydrogen-bond donors (Lipinski definition) is 0. The van der Waals surface area contributed by atoms with Crippen LogP contribution in [0.2, 0.25) is 0 Å². The van der Waals surface area contributed by atoms with E-state index in [-0.39, 0.29) is 34.2 Å². The minimum atomic E-state index is -0.678. The molecule has 1 atom stereocenters. The van der Waals surface area contributed by atoms with Crippen molar-refractivity contribution in [3.63, 3.8) is 0 Å². The van der Waals surface area contributed by atoms with E-state index >= 15 is 0 Å². The van der Waals surface area contributed by atoms with Crippen LogP contribution < -0.4 is 5.56 Å². The van der Waals surface area contributed by atoms with Gasteiger partial charge in [0, 0.05) is 13.2 Å². The number of aromatic nitrogens is 5. The Morgan fingerprint density at radius 2 is 2.16 bits per heavy atom. The van der Waals surface area contributed by atoms with Gasteiger partial charge in [0.15, 0.2) is 0 Å². The molecule has 1 aliphatic carbocycles. The van der Waals surface area contributed by atoms with Crippen LogP contribution in [-0.4, -0.2) is 31.2 Å². The first-order chi connectivity index (χ1) is 15.0. The van der Waals surface area contributed by atoms with Gasteiger partial charge in [0.05, 0.1) is 11.0 Å². The van der Waals surface area contributed by atoms with Gasteiger partial charge >= 0.3 is 0 Å². The maximum absolute atomic E-state index is 14.4. The highest BCUT2D eigenvalue weighted by atomic mass is 19.1. The Morgan fingerprint density at radius 1 is 1.39 bits per heavy atom. The molecule has 4 aromatic rings. The SMILES string of the molecule is CCC(C)n1c(=O)c2c(-c3noc(C4(OC)CC4)n3)ncn2c2ccc(F)c(C#N)c21. The number of methoxy groups -OCH3 is 1. The van der Waals surface area contributed by atoms with Gasteiger partial charge in [-0.1, -0.05) is 12.1 Å². The van der Waals surface area contributed by atoms with Crippen molar-refractivity contribution in [1.29, 1.82) is 5.26 Å². The molecule has 0 amide bonds. The van der Waals surface area contributed by atoms with Gasteiger partial charge < -0.3 is 13.8 Å². The Kier molecular flexibility index (Phi) is 4.20. The van der Waals surface area contributed by atoms with Crippen LogP contribution in [0.15, 0.2) is 27.8 Å². The largest absolute Gasteiger partial charge is 0.368 e. The monoisotopic (exact) mass is 422 g/mol. The first-order valence-corrected chi connectivity index (χ1v) is 9.99. The Labute approximate surface area is 175 Å². The summed E-state index contributed by atoms with van der Waals surface area (Å²) in [6.45, 7) is 3.77. The van der Waals surface area contributed by atoms with Crippen molar-refractivity contribution in [2.24, 2.45) is 0 Å². The van der Waals surface area contributed by atoms with Crippen LogP contribution in [0.5, 0.6) is 0 Å². The van der Waals surface area contributed by atoms with Gasteiger partial charge in [-0.25, -0.2) is 9.37 Å². The quantitative estimate of drug-likeness (QED) is 0.485. The molecule has 0 N–H and O–H groups in total. The molecule has 31 heavy (non-hydrogen) atoms.